The third-order valence-electron chi connectivity index (χ3n) is 2.44. The van der Waals surface area contributed by atoms with Crippen LogP contribution in [0.4, 0.5) is 0 Å². The first-order valence-electron chi connectivity index (χ1n) is 5.46. The van der Waals surface area contributed by atoms with E-state index in [0.717, 1.165) is 11.3 Å². The van der Waals surface area contributed by atoms with Gasteiger partial charge in [0.1, 0.15) is 11.4 Å². The number of furan rings is 1. The zero-order chi connectivity index (χ0) is 13.1. The molecule has 0 saturated heterocycles. The summed E-state index contributed by atoms with van der Waals surface area (Å²) in [7, 11) is 0. The lowest BCUT2D eigenvalue weighted by molar-refractivity contribution is 0.0701. The van der Waals surface area contributed by atoms with Gasteiger partial charge >= 0.3 is 5.97 Å². The van der Waals surface area contributed by atoms with Crippen LogP contribution in [0, 0.1) is 0 Å². The number of hydrogen-bond acceptors (Lipinski definition) is 6. The van der Waals surface area contributed by atoms with Crippen molar-refractivity contribution in [3.63, 3.8) is 0 Å². The van der Waals surface area contributed by atoms with E-state index in [-0.39, 0.29) is 5.76 Å². The van der Waals surface area contributed by atoms with E-state index < -0.39 is 5.97 Å². The van der Waals surface area contributed by atoms with Gasteiger partial charge in [-0.25, -0.2) is 4.79 Å². The molecule has 0 N–H and O–H groups in total. The molecule has 0 unspecified atom stereocenters. The number of nitrogens with zero attached hydrogens (tertiary/aromatic N) is 2. The number of hydrogen-bond donors (Lipinski definition) is 0. The van der Waals surface area contributed by atoms with Crippen molar-refractivity contribution in [3.05, 3.63) is 53.8 Å². The fourth-order valence-corrected chi connectivity index (χ4v) is 2.00. The van der Waals surface area contributed by atoms with Gasteiger partial charge in [0.15, 0.2) is 0 Å². The lowest BCUT2D eigenvalue weighted by atomic mass is 10.2. The molecule has 0 fully saturated rings. The standard InChI is InChI=1S/C13H8N2O3S/c16-13(12-2-1-7-17-12)18-10-5-3-9(4-6-10)11-8-19-15-14-11/h1-8H. The molecule has 5 nitrogen and oxygen atoms in total. The molecule has 2 aromatic heterocycles. The topological polar surface area (TPSA) is 65.2 Å². The Kier molecular flexibility index (Phi) is 3.07. The largest absolute Gasteiger partial charge is 0.457 e. The molecule has 1 aromatic carbocycles. The van der Waals surface area contributed by atoms with Crippen LogP contribution in [-0.2, 0) is 0 Å². The number of benzene rings is 1. The van der Waals surface area contributed by atoms with Crippen molar-refractivity contribution in [2.24, 2.45) is 0 Å². The lowest BCUT2D eigenvalue weighted by Crippen LogP contribution is -2.06. The number of aromatic nitrogens is 2. The van der Waals surface area contributed by atoms with E-state index in [1.54, 1.807) is 24.3 Å². The van der Waals surface area contributed by atoms with Crippen LogP contribution < -0.4 is 4.74 Å². The van der Waals surface area contributed by atoms with Crippen molar-refractivity contribution >= 4 is 17.5 Å². The van der Waals surface area contributed by atoms with Crippen LogP contribution in [0.15, 0.2) is 52.5 Å². The van der Waals surface area contributed by atoms with Gasteiger partial charge in [-0.05, 0) is 47.9 Å². The van der Waals surface area contributed by atoms with E-state index in [9.17, 15) is 4.79 Å². The van der Waals surface area contributed by atoms with Crippen molar-refractivity contribution < 1.29 is 13.9 Å². The zero-order valence-electron chi connectivity index (χ0n) is 9.65. The minimum Gasteiger partial charge on any atom is -0.457 e. The molecule has 0 radical (unpaired) electrons. The second kappa shape index (κ2) is 5.03. The monoisotopic (exact) mass is 272 g/mol. The SMILES string of the molecule is O=C(Oc1ccc(-c2csnn2)cc1)c1ccco1. The highest BCUT2D eigenvalue weighted by Gasteiger charge is 2.11. The first kappa shape index (κ1) is 11.6. The maximum atomic E-state index is 11.7. The number of rotatable bonds is 3. The first-order valence-corrected chi connectivity index (χ1v) is 6.30. The number of carbonyl (C=O) groups is 1. The molecule has 19 heavy (non-hydrogen) atoms. The second-order valence-electron chi connectivity index (χ2n) is 3.68. The Morgan fingerprint density at radius 1 is 1.21 bits per heavy atom. The van der Waals surface area contributed by atoms with Crippen LogP contribution >= 0.6 is 11.5 Å². The van der Waals surface area contributed by atoms with Gasteiger partial charge in [0.05, 0.1) is 6.26 Å². The van der Waals surface area contributed by atoms with Crippen LogP contribution in [0.2, 0.25) is 0 Å². The quantitative estimate of drug-likeness (QED) is 0.541. The lowest BCUT2D eigenvalue weighted by Gasteiger charge is -2.02. The first-order chi connectivity index (χ1) is 9.33. The molecular weight excluding hydrogens is 264 g/mol. The highest BCUT2D eigenvalue weighted by molar-refractivity contribution is 7.03. The maximum Gasteiger partial charge on any atom is 0.379 e. The molecule has 0 aliphatic heterocycles. The summed E-state index contributed by atoms with van der Waals surface area (Å²) in [5.74, 6) is 0.106. The Labute approximate surface area is 112 Å². The highest BCUT2D eigenvalue weighted by atomic mass is 32.1. The highest BCUT2D eigenvalue weighted by Crippen LogP contribution is 2.21. The number of carbonyl (C=O) groups excluding carboxylic acids is 1. The third-order valence-corrected chi connectivity index (χ3v) is 2.95. The molecule has 0 aliphatic rings. The number of esters is 1. The third kappa shape index (κ3) is 2.53. The molecule has 0 aliphatic carbocycles. The minimum absolute atomic E-state index is 0.174. The predicted molar refractivity (Wildman–Crippen MR) is 69.0 cm³/mol. The van der Waals surface area contributed by atoms with Gasteiger partial charge in [0.25, 0.3) is 0 Å². The molecule has 0 saturated carbocycles. The van der Waals surface area contributed by atoms with Crippen molar-refractivity contribution in [2.75, 3.05) is 0 Å². The van der Waals surface area contributed by atoms with E-state index in [1.165, 1.54) is 17.8 Å². The molecule has 0 spiro atoms. The molecule has 0 atom stereocenters. The summed E-state index contributed by atoms with van der Waals surface area (Å²) >= 11 is 1.29. The van der Waals surface area contributed by atoms with Crippen LogP contribution in [0.3, 0.4) is 0 Å². The fourth-order valence-electron chi connectivity index (χ4n) is 1.54. The molecule has 3 rings (SSSR count). The molecular formula is C13H8N2O3S. The smallest absolute Gasteiger partial charge is 0.379 e. The number of ether oxygens (including phenoxy) is 1. The Morgan fingerprint density at radius 2 is 2.05 bits per heavy atom. The van der Waals surface area contributed by atoms with Crippen LogP contribution in [0.5, 0.6) is 5.75 Å². The zero-order valence-corrected chi connectivity index (χ0v) is 10.5. The van der Waals surface area contributed by atoms with E-state index in [1.807, 2.05) is 17.5 Å². The van der Waals surface area contributed by atoms with Crippen LogP contribution in [-0.4, -0.2) is 15.6 Å². The summed E-state index contributed by atoms with van der Waals surface area (Å²) < 4.78 is 13.9. The van der Waals surface area contributed by atoms with Gasteiger partial charge < -0.3 is 9.15 Å². The van der Waals surface area contributed by atoms with Gasteiger partial charge in [0, 0.05) is 10.9 Å². The molecule has 0 bridgehead atoms. The van der Waals surface area contributed by atoms with Gasteiger partial charge in [-0.15, -0.1) is 5.10 Å². The maximum absolute atomic E-state index is 11.7. The fraction of sp³-hybridized carbons (Fsp3) is 0. The Bertz CT molecular complexity index is 661. The van der Waals surface area contributed by atoms with Crippen molar-refractivity contribution in [2.45, 2.75) is 0 Å². The average Bonchev–Trinajstić information content (AvgIpc) is 3.13. The summed E-state index contributed by atoms with van der Waals surface area (Å²) in [5, 5.41) is 5.81. The molecule has 2 heterocycles. The minimum atomic E-state index is -0.520. The summed E-state index contributed by atoms with van der Waals surface area (Å²) in [5.41, 5.74) is 1.72. The van der Waals surface area contributed by atoms with E-state index in [0.29, 0.717) is 5.75 Å². The molecule has 3 aromatic rings. The van der Waals surface area contributed by atoms with Gasteiger partial charge in [-0.2, -0.15) is 0 Å². The Balaban J connectivity index is 1.75. The molecule has 94 valence electrons. The Hall–Kier alpha value is -2.47. The summed E-state index contributed by atoms with van der Waals surface area (Å²) in [4.78, 5) is 11.7. The average molecular weight is 272 g/mol. The normalized spacial score (nSPS) is 10.3. The molecule has 6 heteroatoms. The van der Waals surface area contributed by atoms with E-state index in [2.05, 4.69) is 9.59 Å². The van der Waals surface area contributed by atoms with E-state index >= 15 is 0 Å². The van der Waals surface area contributed by atoms with Crippen LogP contribution in [0.25, 0.3) is 11.3 Å². The summed E-state index contributed by atoms with van der Waals surface area (Å²) in [6.07, 6.45) is 1.43. The Morgan fingerprint density at radius 3 is 2.68 bits per heavy atom. The summed E-state index contributed by atoms with van der Waals surface area (Å²) in [6.45, 7) is 0. The van der Waals surface area contributed by atoms with Crippen molar-refractivity contribution in [1.82, 2.24) is 9.59 Å². The van der Waals surface area contributed by atoms with Crippen molar-refractivity contribution in [3.8, 4) is 17.0 Å². The van der Waals surface area contributed by atoms with Crippen molar-refractivity contribution in [1.29, 1.82) is 0 Å². The van der Waals surface area contributed by atoms with E-state index in [4.69, 9.17) is 9.15 Å². The van der Waals surface area contributed by atoms with Gasteiger partial charge in [-0.3, -0.25) is 0 Å². The second-order valence-corrected chi connectivity index (χ2v) is 4.29. The van der Waals surface area contributed by atoms with Gasteiger partial charge in [-0.1, -0.05) is 4.49 Å². The van der Waals surface area contributed by atoms with Gasteiger partial charge in [0.2, 0.25) is 5.76 Å². The summed E-state index contributed by atoms with van der Waals surface area (Å²) in [6, 6.07) is 10.2. The predicted octanol–water partition coefficient (Wildman–Crippen LogP) is 3.02. The molecule has 0 amide bonds. The van der Waals surface area contributed by atoms with Crippen LogP contribution in [0.1, 0.15) is 10.6 Å².